The standard InChI is InChI=1S/C22H21F3N6/c1-31(19-5-3-2-4-6-19)20-9-7-16(8-10-20)28-14-18(30-26)15-29-17-11-12-27-21(13-17)22(23,24)25/h2-14,26,28H,15H2,1H3,(H,27,29)/b18-14-,30-26?. The number of aromatic nitrogens is 1. The number of rotatable bonds is 8. The average Bonchev–Trinajstić information content (AvgIpc) is 2.79. The fourth-order valence-corrected chi connectivity index (χ4v) is 2.76. The van der Waals surface area contributed by atoms with Crippen molar-refractivity contribution in [2.45, 2.75) is 6.18 Å². The van der Waals surface area contributed by atoms with Gasteiger partial charge in [0, 0.05) is 42.2 Å². The molecule has 3 rings (SSSR count). The lowest BCUT2D eigenvalue weighted by Crippen LogP contribution is -2.10. The van der Waals surface area contributed by atoms with E-state index in [1.807, 2.05) is 61.6 Å². The molecule has 1 aromatic heterocycles. The van der Waals surface area contributed by atoms with Gasteiger partial charge in [0.15, 0.2) is 0 Å². The number of para-hydroxylation sites is 1. The van der Waals surface area contributed by atoms with Crippen LogP contribution >= 0.6 is 0 Å². The predicted octanol–water partition coefficient (Wildman–Crippen LogP) is 6.26. The Morgan fingerprint density at radius 2 is 1.71 bits per heavy atom. The molecular weight excluding hydrogens is 405 g/mol. The van der Waals surface area contributed by atoms with Crippen molar-refractivity contribution in [2.75, 3.05) is 29.1 Å². The lowest BCUT2D eigenvalue weighted by molar-refractivity contribution is -0.141. The van der Waals surface area contributed by atoms with E-state index in [0.29, 0.717) is 5.70 Å². The van der Waals surface area contributed by atoms with Gasteiger partial charge in [0.1, 0.15) is 5.69 Å². The molecule has 1 heterocycles. The van der Waals surface area contributed by atoms with E-state index >= 15 is 0 Å². The third-order valence-electron chi connectivity index (χ3n) is 4.47. The van der Waals surface area contributed by atoms with E-state index in [0.717, 1.165) is 29.3 Å². The van der Waals surface area contributed by atoms with Gasteiger partial charge < -0.3 is 15.5 Å². The second kappa shape index (κ2) is 9.75. The first-order chi connectivity index (χ1) is 14.9. The van der Waals surface area contributed by atoms with E-state index in [9.17, 15) is 13.2 Å². The fourth-order valence-electron chi connectivity index (χ4n) is 2.76. The average molecular weight is 426 g/mol. The Labute approximate surface area is 177 Å². The van der Waals surface area contributed by atoms with Gasteiger partial charge in [-0.15, -0.1) is 0 Å². The smallest absolute Gasteiger partial charge is 0.379 e. The molecule has 0 aliphatic rings. The largest absolute Gasteiger partial charge is 0.433 e. The van der Waals surface area contributed by atoms with Crippen LogP contribution in [0.2, 0.25) is 0 Å². The summed E-state index contributed by atoms with van der Waals surface area (Å²) < 4.78 is 38.3. The minimum atomic E-state index is -4.52. The molecule has 0 saturated carbocycles. The van der Waals surface area contributed by atoms with Gasteiger partial charge in [0.2, 0.25) is 0 Å². The van der Waals surface area contributed by atoms with Gasteiger partial charge in [-0.2, -0.15) is 18.3 Å². The summed E-state index contributed by atoms with van der Waals surface area (Å²) >= 11 is 0. The van der Waals surface area contributed by atoms with Crippen LogP contribution in [-0.4, -0.2) is 18.6 Å². The topological polar surface area (TPSA) is 76.4 Å². The molecule has 3 aromatic rings. The molecule has 0 radical (unpaired) electrons. The highest BCUT2D eigenvalue weighted by Crippen LogP contribution is 2.29. The first kappa shape index (κ1) is 21.8. The number of halogens is 3. The summed E-state index contributed by atoms with van der Waals surface area (Å²) in [6.07, 6.45) is -1.90. The molecule has 160 valence electrons. The van der Waals surface area contributed by atoms with Gasteiger partial charge in [-0.3, -0.25) is 4.98 Å². The van der Waals surface area contributed by atoms with E-state index < -0.39 is 11.9 Å². The fraction of sp³-hybridized carbons (Fsp3) is 0.136. The van der Waals surface area contributed by atoms with Crippen molar-refractivity contribution in [3.63, 3.8) is 0 Å². The molecule has 0 unspecified atom stereocenters. The van der Waals surface area contributed by atoms with Crippen molar-refractivity contribution in [1.82, 2.24) is 4.98 Å². The molecule has 3 N–H and O–H groups in total. The molecule has 0 atom stereocenters. The number of alkyl halides is 3. The van der Waals surface area contributed by atoms with Crippen LogP contribution in [0.5, 0.6) is 0 Å². The molecule has 0 saturated heterocycles. The number of hydrogen-bond donors (Lipinski definition) is 3. The normalized spacial score (nSPS) is 11.7. The van der Waals surface area contributed by atoms with Crippen LogP contribution in [0.25, 0.3) is 0 Å². The molecule has 2 aromatic carbocycles. The second-order valence-electron chi connectivity index (χ2n) is 6.61. The summed E-state index contributed by atoms with van der Waals surface area (Å²) in [4.78, 5) is 5.37. The highest BCUT2D eigenvalue weighted by atomic mass is 19.4. The Morgan fingerprint density at radius 3 is 2.35 bits per heavy atom. The predicted molar refractivity (Wildman–Crippen MR) is 116 cm³/mol. The van der Waals surface area contributed by atoms with E-state index in [1.165, 1.54) is 12.3 Å². The maximum Gasteiger partial charge on any atom is 0.433 e. The van der Waals surface area contributed by atoms with Crippen LogP contribution < -0.4 is 15.5 Å². The Morgan fingerprint density at radius 1 is 1.03 bits per heavy atom. The maximum atomic E-state index is 12.8. The summed E-state index contributed by atoms with van der Waals surface area (Å²) in [6, 6.07) is 20.0. The molecule has 0 amide bonds. The highest BCUT2D eigenvalue weighted by molar-refractivity contribution is 5.65. The van der Waals surface area contributed by atoms with Crippen molar-refractivity contribution < 1.29 is 13.2 Å². The summed E-state index contributed by atoms with van der Waals surface area (Å²) in [5, 5.41) is 9.28. The van der Waals surface area contributed by atoms with Crippen LogP contribution in [0.3, 0.4) is 0 Å². The molecule has 0 fully saturated rings. The van der Waals surface area contributed by atoms with Crippen LogP contribution in [0.4, 0.5) is 35.9 Å². The van der Waals surface area contributed by atoms with Crippen molar-refractivity contribution in [2.24, 2.45) is 5.11 Å². The summed E-state index contributed by atoms with van der Waals surface area (Å²) in [7, 11) is 1.98. The van der Waals surface area contributed by atoms with Crippen LogP contribution in [-0.2, 0) is 6.18 Å². The number of hydrogen-bond acceptors (Lipinski definition) is 6. The van der Waals surface area contributed by atoms with Crippen LogP contribution in [0, 0.1) is 5.53 Å². The monoisotopic (exact) mass is 426 g/mol. The first-order valence-corrected chi connectivity index (χ1v) is 9.36. The Kier molecular flexibility index (Phi) is 6.86. The first-order valence-electron chi connectivity index (χ1n) is 9.36. The molecule has 9 heteroatoms. The molecule has 6 nitrogen and oxygen atoms in total. The second-order valence-corrected chi connectivity index (χ2v) is 6.61. The van der Waals surface area contributed by atoms with Gasteiger partial charge in [-0.1, -0.05) is 18.2 Å². The highest BCUT2D eigenvalue weighted by Gasteiger charge is 2.32. The SMILES string of the molecule is CN(c1ccccc1)c1ccc(N/C=C(/CNc2ccnc(C(F)(F)F)c2)N=N)cc1. The van der Waals surface area contributed by atoms with Crippen molar-refractivity contribution >= 4 is 22.7 Å². The van der Waals surface area contributed by atoms with Gasteiger partial charge in [0.05, 0.1) is 12.2 Å². The van der Waals surface area contributed by atoms with Crippen LogP contribution in [0.1, 0.15) is 5.69 Å². The number of benzene rings is 2. The quantitative estimate of drug-likeness (QED) is 0.371. The van der Waals surface area contributed by atoms with E-state index in [4.69, 9.17) is 5.53 Å². The number of pyridine rings is 1. The molecule has 31 heavy (non-hydrogen) atoms. The van der Waals surface area contributed by atoms with Gasteiger partial charge in [0.25, 0.3) is 0 Å². The van der Waals surface area contributed by atoms with Crippen molar-refractivity contribution in [3.05, 3.63) is 90.5 Å². The minimum absolute atomic E-state index is 0.0760. The minimum Gasteiger partial charge on any atom is -0.379 e. The Hall–Kier alpha value is -3.88. The zero-order valence-corrected chi connectivity index (χ0v) is 16.7. The molecular formula is C22H21F3N6. The number of anilines is 4. The van der Waals surface area contributed by atoms with Gasteiger partial charge in [-0.05, 0) is 48.5 Å². The summed E-state index contributed by atoms with van der Waals surface area (Å²) in [6.45, 7) is 0.0760. The zero-order valence-electron chi connectivity index (χ0n) is 16.7. The number of nitrogens with one attached hydrogen (secondary N) is 3. The molecule has 0 bridgehead atoms. The van der Waals surface area contributed by atoms with E-state index in [-0.39, 0.29) is 12.2 Å². The third kappa shape index (κ3) is 6.05. The van der Waals surface area contributed by atoms with Gasteiger partial charge >= 0.3 is 6.18 Å². The third-order valence-corrected chi connectivity index (χ3v) is 4.47. The molecule has 0 spiro atoms. The van der Waals surface area contributed by atoms with Crippen molar-refractivity contribution in [1.29, 1.82) is 5.53 Å². The number of nitrogens with zero attached hydrogens (tertiary/aromatic N) is 3. The maximum absolute atomic E-state index is 12.8. The molecule has 0 aliphatic carbocycles. The molecule has 0 aliphatic heterocycles. The zero-order chi connectivity index (χ0) is 22.3. The lowest BCUT2D eigenvalue weighted by Gasteiger charge is -2.19. The van der Waals surface area contributed by atoms with E-state index in [1.54, 1.807) is 0 Å². The lowest BCUT2D eigenvalue weighted by atomic mass is 10.2. The van der Waals surface area contributed by atoms with Crippen molar-refractivity contribution in [3.8, 4) is 0 Å². The Bertz CT molecular complexity index is 1030. The van der Waals surface area contributed by atoms with E-state index in [2.05, 4.69) is 25.6 Å². The summed E-state index contributed by atoms with van der Waals surface area (Å²) in [5.41, 5.74) is 9.73. The van der Waals surface area contributed by atoms with Crippen LogP contribution in [0.15, 0.2) is 89.9 Å². The van der Waals surface area contributed by atoms with Gasteiger partial charge in [-0.25, -0.2) is 5.53 Å². The Balaban J connectivity index is 1.60. The summed E-state index contributed by atoms with van der Waals surface area (Å²) in [5.74, 6) is 0.